The lowest BCUT2D eigenvalue weighted by Crippen LogP contribution is -2.48. The van der Waals surface area contributed by atoms with Crippen LogP contribution in [0.3, 0.4) is 0 Å². The molecule has 0 aliphatic carbocycles. The Morgan fingerprint density at radius 3 is 2.51 bits per heavy atom. The number of rotatable bonds is 6. The van der Waals surface area contributed by atoms with Crippen LogP contribution >= 0.6 is 23.2 Å². The van der Waals surface area contributed by atoms with E-state index in [2.05, 4.69) is 20.6 Å². The second kappa shape index (κ2) is 12.0. The van der Waals surface area contributed by atoms with Gasteiger partial charge < -0.3 is 15.4 Å². The molecule has 204 valence electrons. The van der Waals surface area contributed by atoms with Gasteiger partial charge in [-0.25, -0.2) is 19.8 Å². The van der Waals surface area contributed by atoms with E-state index < -0.39 is 23.5 Å². The molecule has 1 saturated heterocycles. The van der Waals surface area contributed by atoms with Gasteiger partial charge >= 0.3 is 6.09 Å². The standard InChI is InChI=1S/C27H28Cl2N6O4/c1-27(2,3)39-26(38)32-20-10-12-34(16-20)35(25(37)17-5-4-11-30-14-17)22-8-6-18(28)13-21(22)24(36)33-23-9-7-19(29)15-31-23/h4-9,11,13-15,20H,10,12,16H2,1-3H3,(H,32,38)(H,31,33,36). The van der Waals surface area contributed by atoms with Gasteiger partial charge in [0.15, 0.2) is 0 Å². The number of hydrogen-bond donors (Lipinski definition) is 2. The lowest BCUT2D eigenvalue weighted by atomic mass is 10.1. The van der Waals surface area contributed by atoms with Crippen LogP contribution < -0.4 is 15.6 Å². The first-order valence-electron chi connectivity index (χ1n) is 12.2. The first-order chi connectivity index (χ1) is 18.5. The van der Waals surface area contributed by atoms with Gasteiger partial charge in [-0.3, -0.25) is 14.6 Å². The maximum Gasteiger partial charge on any atom is 0.407 e. The summed E-state index contributed by atoms with van der Waals surface area (Å²) in [5, 5.41) is 9.52. The summed E-state index contributed by atoms with van der Waals surface area (Å²) in [5.41, 5.74) is 0.134. The highest BCUT2D eigenvalue weighted by molar-refractivity contribution is 6.31. The number of carbonyl (C=O) groups is 3. The Kier molecular flexibility index (Phi) is 8.69. The predicted octanol–water partition coefficient (Wildman–Crippen LogP) is 5.20. The normalized spacial score (nSPS) is 15.5. The summed E-state index contributed by atoms with van der Waals surface area (Å²) in [7, 11) is 0. The molecule has 2 N–H and O–H groups in total. The van der Waals surface area contributed by atoms with E-state index in [-0.39, 0.29) is 17.4 Å². The van der Waals surface area contributed by atoms with Crippen LogP contribution in [0.4, 0.5) is 16.3 Å². The number of nitrogens with one attached hydrogen (secondary N) is 2. The molecule has 1 aliphatic rings. The molecule has 0 spiro atoms. The molecular weight excluding hydrogens is 543 g/mol. The second-order valence-corrected chi connectivity index (χ2v) is 10.8. The molecule has 39 heavy (non-hydrogen) atoms. The van der Waals surface area contributed by atoms with E-state index in [1.54, 1.807) is 68.4 Å². The van der Waals surface area contributed by atoms with Crippen molar-refractivity contribution >= 4 is 52.6 Å². The smallest absolute Gasteiger partial charge is 0.407 e. The van der Waals surface area contributed by atoms with Crippen molar-refractivity contribution in [3.05, 3.63) is 82.2 Å². The number of carbonyl (C=O) groups excluding carboxylic acids is 3. The summed E-state index contributed by atoms with van der Waals surface area (Å²) in [6.45, 7) is 6.08. The van der Waals surface area contributed by atoms with Crippen LogP contribution in [-0.2, 0) is 4.74 Å². The average molecular weight is 571 g/mol. The molecule has 10 nitrogen and oxygen atoms in total. The number of hydrazine groups is 1. The van der Waals surface area contributed by atoms with E-state index in [1.807, 2.05) is 0 Å². The van der Waals surface area contributed by atoms with Gasteiger partial charge in [0, 0.05) is 42.7 Å². The van der Waals surface area contributed by atoms with Gasteiger partial charge in [-0.2, -0.15) is 0 Å². The molecule has 3 amide bonds. The zero-order valence-corrected chi connectivity index (χ0v) is 23.2. The Bertz CT molecular complexity index is 1350. The minimum absolute atomic E-state index is 0.153. The Morgan fingerprint density at radius 2 is 1.85 bits per heavy atom. The van der Waals surface area contributed by atoms with Crippen molar-refractivity contribution in [1.82, 2.24) is 20.3 Å². The average Bonchev–Trinajstić information content (AvgIpc) is 3.33. The van der Waals surface area contributed by atoms with Gasteiger partial charge in [0.1, 0.15) is 11.4 Å². The Labute approximate surface area is 236 Å². The number of alkyl carbamates (subject to hydrolysis) is 1. The number of nitrogens with zero attached hydrogens (tertiary/aromatic N) is 4. The van der Waals surface area contributed by atoms with Crippen LogP contribution in [0.1, 0.15) is 47.9 Å². The zero-order chi connectivity index (χ0) is 28.2. The number of halogens is 2. The summed E-state index contributed by atoms with van der Waals surface area (Å²) < 4.78 is 5.39. The summed E-state index contributed by atoms with van der Waals surface area (Å²) >= 11 is 12.2. The van der Waals surface area contributed by atoms with Crippen LogP contribution in [0.25, 0.3) is 0 Å². The first kappa shape index (κ1) is 28.3. The Hall–Kier alpha value is -3.73. The third-order valence-electron chi connectivity index (χ3n) is 5.67. The summed E-state index contributed by atoms with van der Waals surface area (Å²) in [4.78, 5) is 47.8. The number of anilines is 2. The van der Waals surface area contributed by atoms with Gasteiger partial charge in [0.2, 0.25) is 0 Å². The van der Waals surface area contributed by atoms with Crippen molar-refractivity contribution < 1.29 is 19.1 Å². The van der Waals surface area contributed by atoms with Gasteiger partial charge in [-0.05, 0) is 69.7 Å². The second-order valence-electron chi connectivity index (χ2n) is 9.88. The van der Waals surface area contributed by atoms with E-state index in [0.717, 1.165) is 0 Å². The van der Waals surface area contributed by atoms with Crippen LogP contribution in [-0.4, -0.2) is 57.6 Å². The number of aromatic nitrogens is 2. The molecule has 1 atom stereocenters. The molecular formula is C27H28Cl2N6O4. The van der Waals surface area contributed by atoms with Crippen molar-refractivity contribution in [1.29, 1.82) is 0 Å². The molecule has 0 saturated carbocycles. The third-order valence-corrected chi connectivity index (χ3v) is 6.13. The van der Waals surface area contributed by atoms with Crippen LogP contribution in [0.15, 0.2) is 61.1 Å². The van der Waals surface area contributed by atoms with Crippen molar-refractivity contribution in [2.24, 2.45) is 0 Å². The lowest BCUT2D eigenvalue weighted by molar-refractivity contribution is 0.0505. The lowest BCUT2D eigenvalue weighted by Gasteiger charge is -2.33. The molecule has 2 aromatic heterocycles. The van der Waals surface area contributed by atoms with E-state index in [0.29, 0.717) is 40.8 Å². The van der Waals surface area contributed by atoms with E-state index >= 15 is 0 Å². The third kappa shape index (κ3) is 7.44. The molecule has 0 radical (unpaired) electrons. The number of pyridine rings is 2. The fraction of sp³-hybridized carbons (Fsp3) is 0.296. The predicted molar refractivity (Wildman–Crippen MR) is 149 cm³/mol. The largest absolute Gasteiger partial charge is 0.444 e. The van der Waals surface area contributed by atoms with Crippen molar-refractivity contribution in [3.8, 4) is 0 Å². The van der Waals surface area contributed by atoms with Gasteiger partial charge in [-0.15, -0.1) is 0 Å². The van der Waals surface area contributed by atoms with Gasteiger partial charge in [0.05, 0.1) is 21.8 Å². The highest BCUT2D eigenvalue weighted by atomic mass is 35.5. The topological polar surface area (TPSA) is 117 Å². The summed E-state index contributed by atoms with van der Waals surface area (Å²) in [6.07, 6.45) is 4.45. The van der Waals surface area contributed by atoms with Crippen LogP contribution in [0, 0.1) is 0 Å². The van der Waals surface area contributed by atoms with E-state index in [9.17, 15) is 14.4 Å². The van der Waals surface area contributed by atoms with Crippen LogP contribution in [0.5, 0.6) is 0 Å². The maximum atomic E-state index is 13.8. The minimum atomic E-state index is -0.644. The fourth-order valence-electron chi connectivity index (χ4n) is 4.03. The first-order valence-corrected chi connectivity index (χ1v) is 13.0. The van der Waals surface area contributed by atoms with E-state index in [4.69, 9.17) is 27.9 Å². The molecule has 1 aliphatic heterocycles. The Balaban J connectivity index is 1.66. The van der Waals surface area contributed by atoms with Crippen LogP contribution in [0.2, 0.25) is 10.0 Å². The number of hydrogen-bond acceptors (Lipinski definition) is 7. The quantitative estimate of drug-likeness (QED) is 0.418. The minimum Gasteiger partial charge on any atom is -0.444 e. The number of amides is 3. The Morgan fingerprint density at radius 1 is 1.08 bits per heavy atom. The highest BCUT2D eigenvalue weighted by Crippen LogP contribution is 2.30. The maximum absolute atomic E-state index is 13.8. The summed E-state index contributed by atoms with van der Waals surface area (Å²) in [6, 6.07) is 10.9. The number of ether oxygens (including phenoxy) is 1. The van der Waals surface area contributed by atoms with Gasteiger partial charge in [-0.1, -0.05) is 23.2 Å². The monoisotopic (exact) mass is 570 g/mol. The fourth-order valence-corrected chi connectivity index (χ4v) is 4.31. The molecule has 0 bridgehead atoms. The molecule has 3 aromatic rings. The number of benzene rings is 1. The van der Waals surface area contributed by atoms with Gasteiger partial charge in [0.25, 0.3) is 11.8 Å². The molecule has 1 aromatic carbocycles. The molecule has 3 heterocycles. The molecule has 12 heteroatoms. The zero-order valence-electron chi connectivity index (χ0n) is 21.6. The molecule has 1 fully saturated rings. The van der Waals surface area contributed by atoms with Crippen molar-refractivity contribution in [3.63, 3.8) is 0 Å². The summed E-state index contributed by atoms with van der Waals surface area (Å²) in [5.74, 6) is -0.640. The SMILES string of the molecule is CC(C)(C)OC(=O)NC1CCN(N(C(=O)c2cccnc2)c2ccc(Cl)cc2C(=O)Nc2ccc(Cl)cn2)C1. The van der Waals surface area contributed by atoms with Crippen molar-refractivity contribution in [2.75, 3.05) is 23.4 Å². The molecule has 1 unspecified atom stereocenters. The molecule has 4 rings (SSSR count). The van der Waals surface area contributed by atoms with Crippen molar-refractivity contribution in [2.45, 2.75) is 38.8 Å². The van der Waals surface area contributed by atoms with E-state index in [1.165, 1.54) is 23.5 Å². The highest BCUT2D eigenvalue weighted by Gasteiger charge is 2.35.